The number of allylic oxidation sites excluding steroid dienone is 1. The Labute approximate surface area is 178 Å². The second kappa shape index (κ2) is 8.51. The molecule has 158 valence electrons. The van der Waals surface area contributed by atoms with E-state index in [4.69, 9.17) is 4.42 Å². The van der Waals surface area contributed by atoms with E-state index in [9.17, 15) is 9.18 Å². The van der Waals surface area contributed by atoms with Crippen molar-refractivity contribution < 1.29 is 8.81 Å². The molecule has 0 bridgehead atoms. The first-order valence-corrected chi connectivity index (χ1v) is 9.85. The van der Waals surface area contributed by atoms with Crippen LogP contribution < -0.4 is 5.76 Å². The summed E-state index contributed by atoms with van der Waals surface area (Å²) in [6, 6.07) is 13.1. The molecule has 2 aromatic carbocycles. The van der Waals surface area contributed by atoms with E-state index in [0.717, 1.165) is 21.0 Å². The molecule has 0 unspecified atom stereocenters. The summed E-state index contributed by atoms with van der Waals surface area (Å²) in [7, 11) is 0. The highest BCUT2D eigenvalue weighted by molar-refractivity contribution is 5.83. The van der Waals surface area contributed by atoms with E-state index in [1.165, 1.54) is 0 Å². The fraction of sp³-hybridized carbons (Fsp3) is 0.217. The normalized spacial score (nSPS) is 15.5. The van der Waals surface area contributed by atoms with Gasteiger partial charge in [-0.3, -0.25) is 0 Å². The van der Waals surface area contributed by atoms with Gasteiger partial charge >= 0.3 is 5.76 Å². The first kappa shape index (κ1) is 20.5. The zero-order valence-electron chi connectivity index (χ0n) is 17.3. The second-order valence-corrected chi connectivity index (χ2v) is 7.17. The van der Waals surface area contributed by atoms with Crippen LogP contribution >= 0.6 is 0 Å². The number of hydrogen-bond donors (Lipinski definition) is 0. The van der Waals surface area contributed by atoms with Gasteiger partial charge in [0, 0.05) is 17.5 Å². The minimum Gasteiger partial charge on any atom is -0.390 e. The molecule has 0 saturated carbocycles. The summed E-state index contributed by atoms with van der Waals surface area (Å²) in [5, 5.41) is 6.12. The van der Waals surface area contributed by atoms with Gasteiger partial charge in [0.15, 0.2) is 5.82 Å². The Morgan fingerprint density at radius 2 is 2.03 bits per heavy atom. The molecule has 4 rings (SSSR count). The number of aromatic nitrogens is 2. The zero-order chi connectivity index (χ0) is 22.0. The number of fused-ring (bicyclic) bond motifs is 1. The summed E-state index contributed by atoms with van der Waals surface area (Å²) in [6.07, 6.45) is 1.82. The summed E-state index contributed by atoms with van der Waals surface area (Å²) in [6.45, 7) is 7.62. The Hall–Kier alpha value is -3.81. The Morgan fingerprint density at radius 1 is 1.26 bits per heavy atom. The van der Waals surface area contributed by atoms with Gasteiger partial charge < -0.3 is 9.32 Å². The van der Waals surface area contributed by atoms with Crippen LogP contribution in [0.1, 0.15) is 31.5 Å². The van der Waals surface area contributed by atoms with E-state index in [0.29, 0.717) is 17.1 Å². The van der Waals surface area contributed by atoms with Crippen LogP contribution in [0.2, 0.25) is 0 Å². The molecule has 7 nitrogen and oxygen atoms in total. The predicted molar refractivity (Wildman–Crippen MR) is 119 cm³/mol. The number of aliphatic imine (C=N–C) groups is 2. The number of benzene rings is 2. The third-order valence-electron chi connectivity index (χ3n) is 5.11. The first-order valence-electron chi connectivity index (χ1n) is 9.85. The predicted octanol–water partition coefficient (Wildman–Crippen LogP) is 4.38. The SMILES string of the molecule is C=C1C(C)=C(N=CC)N=CN1Cc1nn(C[C@H](F)c2ccc3ccccc3c2)c(=O)o1. The molecule has 3 aromatic rings. The quantitative estimate of drug-likeness (QED) is 0.556. The summed E-state index contributed by atoms with van der Waals surface area (Å²) < 4.78 is 21.1. The van der Waals surface area contributed by atoms with Crippen LogP contribution in [0.15, 0.2) is 85.3 Å². The molecule has 0 amide bonds. The lowest BCUT2D eigenvalue weighted by atomic mass is 10.0. The van der Waals surface area contributed by atoms with Crippen LogP contribution in [0, 0.1) is 0 Å². The van der Waals surface area contributed by atoms with Crippen molar-refractivity contribution in [2.24, 2.45) is 9.98 Å². The smallest absolute Gasteiger partial charge is 0.390 e. The lowest BCUT2D eigenvalue weighted by molar-refractivity contribution is 0.283. The van der Waals surface area contributed by atoms with Gasteiger partial charge in [-0.15, -0.1) is 5.10 Å². The summed E-state index contributed by atoms with van der Waals surface area (Å²) in [4.78, 5) is 22.4. The molecule has 1 aromatic heterocycles. The van der Waals surface area contributed by atoms with E-state index in [1.807, 2.05) is 44.2 Å². The van der Waals surface area contributed by atoms with E-state index in [1.54, 1.807) is 29.6 Å². The summed E-state index contributed by atoms with van der Waals surface area (Å²) in [5.41, 5.74) is 1.96. The fourth-order valence-corrected chi connectivity index (χ4v) is 3.36. The maximum Gasteiger partial charge on any atom is 0.437 e. The average molecular weight is 419 g/mol. The number of alkyl halides is 1. The highest BCUT2D eigenvalue weighted by Crippen LogP contribution is 2.25. The van der Waals surface area contributed by atoms with Crippen LogP contribution in [0.4, 0.5) is 4.39 Å². The van der Waals surface area contributed by atoms with Crippen molar-refractivity contribution in [2.45, 2.75) is 33.1 Å². The Morgan fingerprint density at radius 3 is 2.81 bits per heavy atom. The number of rotatable bonds is 6. The van der Waals surface area contributed by atoms with Gasteiger partial charge in [-0.1, -0.05) is 43.0 Å². The minimum absolute atomic E-state index is 0.151. The molecule has 1 atom stereocenters. The lowest BCUT2D eigenvalue weighted by Gasteiger charge is -2.24. The van der Waals surface area contributed by atoms with E-state index < -0.39 is 11.9 Å². The van der Waals surface area contributed by atoms with Crippen molar-refractivity contribution in [3.05, 3.63) is 88.1 Å². The van der Waals surface area contributed by atoms with Crippen LogP contribution in [0.3, 0.4) is 0 Å². The molecule has 0 N–H and O–H groups in total. The standard InChI is InChI=1S/C23H22FN5O2/c1-4-25-22-15(2)16(3)28(14-26-22)13-21-27-29(23(30)31-21)12-20(24)19-10-9-17-7-5-6-8-18(17)11-19/h4-11,14,20H,3,12-13H2,1-2H3/t20-/m0/s1. The third-order valence-corrected chi connectivity index (χ3v) is 5.11. The molecule has 1 aliphatic rings. The van der Waals surface area contributed by atoms with Crippen LogP contribution in [-0.2, 0) is 13.1 Å². The van der Waals surface area contributed by atoms with Gasteiger partial charge in [-0.25, -0.2) is 19.2 Å². The van der Waals surface area contributed by atoms with Crippen molar-refractivity contribution in [1.82, 2.24) is 14.7 Å². The first-order chi connectivity index (χ1) is 15.0. The van der Waals surface area contributed by atoms with E-state index in [-0.39, 0.29) is 19.0 Å². The minimum atomic E-state index is -1.40. The second-order valence-electron chi connectivity index (χ2n) is 7.17. The van der Waals surface area contributed by atoms with Gasteiger partial charge in [0.05, 0.1) is 12.9 Å². The maximum atomic E-state index is 14.9. The van der Waals surface area contributed by atoms with Crippen molar-refractivity contribution in [2.75, 3.05) is 0 Å². The zero-order valence-corrected chi connectivity index (χ0v) is 17.3. The third kappa shape index (κ3) is 4.23. The highest BCUT2D eigenvalue weighted by atomic mass is 19.1. The lowest BCUT2D eigenvalue weighted by Crippen LogP contribution is -2.24. The molecule has 31 heavy (non-hydrogen) atoms. The molecule has 0 spiro atoms. The average Bonchev–Trinajstić information content (AvgIpc) is 3.11. The van der Waals surface area contributed by atoms with Crippen LogP contribution in [0.5, 0.6) is 0 Å². The van der Waals surface area contributed by atoms with Gasteiger partial charge in [0.2, 0.25) is 5.89 Å². The van der Waals surface area contributed by atoms with Crippen molar-refractivity contribution in [3.63, 3.8) is 0 Å². The van der Waals surface area contributed by atoms with Crippen molar-refractivity contribution in [3.8, 4) is 0 Å². The maximum absolute atomic E-state index is 14.9. The monoisotopic (exact) mass is 419 g/mol. The van der Waals surface area contributed by atoms with Gasteiger partial charge in [0.25, 0.3) is 0 Å². The molecule has 2 heterocycles. The molecular formula is C23H22FN5O2. The van der Waals surface area contributed by atoms with Gasteiger partial charge in [0.1, 0.15) is 12.7 Å². The molecule has 0 aliphatic carbocycles. The Bertz CT molecular complexity index is 1280. The highest BCUT2D eigenvalue weighted by Gasteiger charge is 2.20. The Balaban J connectivity index is 1.48. The molecule has 1 aliphatic heterocycles. The summed E-state index contributed by atoms with van der Waals surface area (Å²) >= 11 is 0. The van der Waals surface area contributed by atoms with Crippen LogP contribution in [0.25, 0.3) is 10.8 Å². The fourth-order valence-electron chi connectivity index (χ4n) is 3.36. The van der Waals surface area contributed by atoms with Gasteiger partial charge in [-0.2, -0.15) is 4.68 Å². The molecule has 8 heteroatoms. The Kier molecular flexibility index (Phi) is 5.62. The molecule has 0 fully saturated rings. The number of hydrogen-bond acceptors (Lipinski definition) is 6. The number of nitrogens with zero attached hydrogens (tertiary/aromatic N) is 5. The summed E-state index contributed by atoms with van der Waals surface area (Å²) in [5.74, 6) is 0.0199. The van der Waals surface area contributed by atoms with Crippen LogP contribution in [-0.4, -0.2) is 27.2 Å². The topological polar surface area (TPSA) is 76.0 Å². The van der Waals surface area contributed by atoms with Gasteiger partial charge in [-0.05, 0) is 36.2 Å². The van der Waals surface area contributed by atoms with Crippen molar-refractivity contribution >= 4 is 23.3 Å². The molecular weight excluding hydrogens is 397 g/mol. The van der Waals surface area contributed by atoms with Crippen molar-refractivity contribution in [1.29, 1.82) is 0 Å². The number of halogens is 1. The van der Waals surface area contributed by atoms with E-state index in [2.05, 4.69) is 21.7 Å². The largest absolute Gasteiger partial charge is 0.437 e. The molecule has 0 saturated heterocycles. The molecule has 0 radical (unpaired) electrons. The van der Waals surface area contributed by atoms with E-state index >= 15 is 0 Å².